The number of carbonyl (C=O) groups excluding carboxylic acids is 1. The number of benzene rings is 1. The molecule has 0 aromatic heterocycles. The van der Waals surface area contributed by atoms with Crippen molar-refractivity contribution < 1.29 is 24.1 Å². The Bertz CT molecular complexity index is 551. The predicted octanol–water partition coefficient (Wildman–Crippen LogP) is 3.60. The summed E-state index contributed by atoms with van der Waals surface area (Å²) < 4.78 is 16.1. The van der Waals surface area contributed by atoms with Gasteiger partial charge in [-0.1, -0.05) is 0 Å². The van der Waals surface area contributed by atoms with Crippen LogP contribution in [-0.4, -0.2) is 48.6 Å². The first kappa shape index (κ1) is 21.1. The van der Waals surface area contributed by atoms with E-state index in [9.17, 15) is 9.90 Å². The van der Waals surface area contributed by atoms with Crippen molar-refractivity contribution in [3.63, 3.8) is 0 Å². The molecule has 142 valence electrons. The number of carbonyl (C=O) groups is 1. The third-order valence-electron chi connectivity index (χ3n) is 3.56. The number of aliphatic hydroxyl groups excluding tert-OH is 1. The standard InChI is InChI=1S/C19H31NO5/c1-14(21)8-7-11-20(18(22)25-19(2,3)4)13-15-9-10-16(23-5)12-17(15)24-6/h9-10,12,14,21H,7-8,11,13H2,1-6H3. The minimum Gasteiger partial charge on any atom is -0.497 e. The van der Waals surface area contributed by atoms with Crippen LogP contribution >= 0.6 is 0 Å². The summed E-state index contributed by atoms with van der Waals surface area (Å²) in [6, 6.07) is 5.50. The molecular weight excluding hydrogens is 322 g/mol. The summed E-state index contributed by atoms with van der Waals surface area (Å²) >= 11 is 0. The maximum Gasteiger partial charge on any atom is 0.410 e. The minimum atomic E-state index is -0.566. The molecule has 0 fully saturated rings. The summed E-state index contributed by atoms with van der Waals surface area (Å²) in [5.41, 5.74) is 0.301. The molecule has 0 saturated heterocycles. The fraction of sp³-hybridized carbons (Fsp3) is 0.632. The van der Waals surface area contributed by atoms with E-state index in [1.807, 2.05) is 32.9 Å². The van der Waals surface area contributed by atoms with E-state index < -0.39 is 11.7 Å². The molecule has 0 aliphatic carbocycles. The molecule has 0 aliphatic heterocycles. The zero-order valence-electron chi connectivity index (χ0n) is 16.2. The van der Waals surface area contributed by atoms with Gasteiger partial charge in [0.25, 0.3) is 0 Å². The molecule has 1 unspecified atom stereocenters. The van der Waals surface area contributed by atoms with Gasteiger partial charge in [0.05, 0.1) is 26.9 Å². The number of nitrogens with zero attached hydrogens (tertiary/aromatic N) is 1. The van der Waals surface area contributed by atoms with Gasteiger partial charge in [0, 0.05) is 18.2 Å². The lowest BCUT2D eigenvalue weighted by molar-refractivity contribution is 0.0222. The molecule has 0 radical (unpaired) electrons. The second-order valence-electron chi connectivity index (χ2n) is 7.07. The zero-order valence-corrected chi connectivity index (χ0v) is 16.2. The molecule has 6 nitrogen and oxygen atoms in total. The highest BCUT2D eigenvalue weighted by atomic mass is 16.6. The van der Waals surface area contributed by atoms with Crippen LogP contribution in [0, 0.1) is 0 Å². The number of amides is 1. The van der Waals surface area contributed by atoms with Gasteiger partial charge in [-0.25, -0.2) is 4.79 Å². The summed E-state index contributed by atoms with van der Waals surface area (Å²) in [4.78, 5) is 14.2. The van der Waals surface area contributed by atoms with Crippen molar-refractivity contribution in [1.82, 2.24) is 4.90 Å². The Balaban J connectivity index is 2.93. The molecule has 1 aromatic carbocycles. The maximum atomic E-state index is 12.5. The van der Waals surface area contributed by atoms with Crippen molar-refractivity contribution in [3.8, 4) is 11.5 Å². The van der Waals surface area contributed by atoms with E-state index in [0.717, 1.165) is 5.56 Å². The lowest BCUT2D eigenvalue weighted by Gasteiger charge is -2.28. The third-order valence-corrected chi connectivity index (χ3v) is 3.56. The number of methoxy groups -OCH3 is 2. The Hall–Kier alpha value is -1.95. The quantitative estimate of drug-likeness (QED) is 0.773. The van der Waals surface area contributed by atoms with Crippen LogP contribution in [0.25, 0.3) is 0 Å². The van der Waals surface area contributed by atoms with Crippen molar-refractivity contribution in [2.75, 3.05) is 20.8 Å². The lowest BCUT2D eigenvalue weighted by Crippen LogP contribution is -2.37. The Morgan fingerprint density at radius 3 is 2.44 bits per heavy atom. The summed E-state index contributed by atoms with van der Waals surface area (Å²) in [6.07, 6.45) is 0.543. The molecule has 0 spiro atoms. The molecular formula is C19H31NO5. The van der Waals surface area contributed by atoms with Crippen LogP contribution in [0.5, 0.6) is 11.5 Å². The highest BCUT2D eigenvalue weighted by Gasteiger charge is 2.23. The van der Waals surface area contributed by atoms with Crippen molar-refractivity contribution >= 4 is 6.09 Å². The van der Waals surface area contributed by atoms with Gasteiger partial charge >= 0.3 is 6.09 Å². The second-order valence-corrected chi connectivity index (χ2v) is 7.07. The van der Waals surface area contributed by atoms with Gasteiger partial charge in [0.2, 0.25) is 0 Å². The van der Waals surface area contributed by atoms with Gasteiger partial charge in [0.15, 0.2) is 0 Å². The molecule has 0 aliphatic rings. The van der Waals surface area contributed by atoms with Gasteiger partial charge in [0.1, 0.15) is 17.1 Å². The second kappa shape index (κ2) is 9.51. The Labute approximate surface area is 150 Å². The van der Waals surface area contributed by atoms with E-state index in [4.69, 9.17) is 14.2 Å². The van der Waals surface area contributed by atoms with E-state index in [-0.39, 0.29) is 6.09 Å². The fourth-order valence-electron chi connectivity index (χ4n) is 2.33. The summed E-state index contributed by atoms with van der Waals surface area (Å²) in [5, 5.41) is 9.45. The minimum absolute atomic E-state index is 0.363. The Morgan fingerprint density at radius 2 is 1.92 bits per heavy atom. The smallest absolute Gasteiger partial charge is 0.410 e. The number of ether oxygens (including phenoxy) is 3. The van der Waals surface area contributed by atoms with Gasteiger partial charge in [-0.3, -0.25) is 0 Å². The van der Waals surface area contributed by atoms with Crippen LogP contribution in [0.1, 0.15) is 46.1 Å². The summed E-state index contributed by atoms with van der Waals surface area (Å²) in [6.45, 7) is 8.12. The Kier molecular flexibility index (Phi) is 8.03. The van der Waals surface area contributed by atoms with Crippen LogP contribution in [0.3, 0.4) is 0 Å². The molecule has 1 N–H and O–H groups in total. The average molecular weight is 353 g/mol. The van der Waals surface area contributed by atoms with Crippen molar-refractivity contribution in [2.24, 2.45) is 0 Å². The highest BCUT2D eigenvalue weighted by molar-refractivity contribution is 5.68. The highest BCUT2D eigenvalue weighted by Crippen LogP contribution is 2.26. The first-order chi connectivity index (χ1) is 11.7. The number of hydrogen-bond acceptors (Lipinski definition) is 5. The largest absolute Gasteiger partial charge is 0.497 e. The molecule has 0 saturated carbocycles. The predicted molar refractivity (Wildman–Crippen MR) is 97.1 cm³/mol. The first-order valence-corrected chi connectivity index (χ1v) is 8.53. The topological polar surface area (TPSA) is 68.2 Å². The van der Waals surface area contributed by atoms with Crippen LogP contribution in [0.4, 0.5) is 4.79 Å². The van der Waals surface area contributed by atoms with Crippen molar-refractivity contribution in [1.29, 1.82) is 0 Å². The molecule has 1 atom stereocenters. The molecule has 1 aromatic rings. The normalized spacial score (nSPS) is 12.4. The van der Waals surface area contributed by atoms with Crippen molar-refractivity contribution in [3.05, 3.63) is 23.8 Å². The zero-order chi connectivity index (χ0) is 19.0. The number of aliphatic hydroxyl groups is 1. The average Bonchev–Trinajstić information content (AvgIpc) is 2.52. The lowest BCUT2D eigenvalue weighted by atomic mass is 10.1. The number of rotatable bonds is 8. The molecule has 1 rings (SSSR count). The van der Waals surface area contributed by atoms with Crippen LogP contribution in [0.15, 0.2) is 18.2 Å². The molecule has 6 heteroatoms. The van der Waals surface area contributed by atoms with Crippen LogP contribution < -0.4 is 9.47 Å². The first-order valence-electron chi connectivity index (χ1n) is 8.53. The maximum absolute atomic E-state index is 12.5. The van der Waals surface area contributed by atoms with Crippen LogP contribution in [0.2, 0.25) is 0 Å². The summed E-state index contributed by atoms with van der Waals surface area (Å²) in [5.74, 6) is 1.35. The van der Waals surface area contributed by atoms with E-state index in [1.165, 1.54) is 0 Å². The van der Waals surface area contributed by atoms with Crippen LogP contribution in [-0.2, 0) is 11.3 Å². The van der Waals surface area contributed by atoms with E-state index in [1.54, 1.807) is 32.1 Å². The molecule has 25 heavy (non-hydrogen) atoms. The summed E-state index contributed by atoms with van der Waals surface area (Å²) in [7, 11) is 3.18. The van der Waals surface area contributed by atoms with Gasteiger partial charge in [-0.05, 0) is 52.7 Å². The fourth-order valence-corrected chi connectivity index (χ4v) is 2.33. The molecule has 0 bridgehead atoms. The van der Waals surface area contributed by atoms with Gasteiger partial charge < -0.3 is 24.2 Å². The molecule has 1 amide bonds. The van der Waals surface area contributed by atoms with Gasteiger partial charge in [-0.15, -0.1) is 0 Å². The third kappa shape index (κ3) is 7.65. The SMILES string of the molecule is COc1ccc(CN(CCCC(C)O)C(=O)OC(C)(C)C)c(OC)c1. The monoisotopic (exact) mass is 353 g/mol. The van der Waals surface area contributed by atoms with E-state index in [2.05, 4.69) is 0 Å². The molecule has 0 heterocycles. The van der Waals surface area contributed by atoms with E-state index >= 15 is 0 Å². The van der Waals surface area contributed by atoms with E-state index in [0.29, 0.717) is 37.4 Å². The van der Waals surface area contributed by atoms with Crippen molar-refractivity contribution in [2.45, 2.75) is 58.8 Å². The van der Waals surface area contributed by atoms with Gasteiger partial charge in [-0.2, -0.15) is 0 Å². The Morgan fingerprint density at radius 1 is 1.24 bits per heavy atom. The number of hydrogen-bond donors (Lipinski definition) is 1.